The first-order chi connectivity index (χ1) is 13.4. The lowest BCUT2D eigenvalue weighted by molar-refractivity contribution is -0.127. The molecule has 3 rings (SSSR count). The standard InChI is InChI=1S/C20H18N2O5S/c1-12-4-3-5-14(8-12)21-18(24)11-22-19(25)17(28-20(22)26)10-13-6-7-15(23)16(9-13)27-2/h3-10,23H,11H2,1-2H3,(H,21,24). The highest BCUT2D eigenvalue weighted by Crippen LogP contribution is 2.34. The summed E-state index contributed by atoms with van der Waals surface area (Å²) in [6.45, 7) is 1.53. The Kier molecular flexibility index (Phi) is 5.70. The number of aromatic hydroxyl groups is 1. The van der Waals surface area contributed by atoms with Crippen LogP contribution in [-0.2, 0) is 9.59 Å². The van der Waals surface area contributed by atoms with E-state index in [9.17, 15) is 19.5 Å². The molecule has 1 fully saturated rings. The van der Waals surface area contributed by atoms with Crippen molar-refractivity contribution in [1.29, 1.82) is 0 Å². The van der Waals surface area contributed by atoms with Crippen molar-refractivity contribution in [2.45, 2.75) is 6.92 Å². The molecule has 1 aliphatic heterocycles. The van der Waals surface area contributed by atoms with E-state index in [0.717, 1.165) is 22.2 Å². The normalized spacial score (nSPS) is 15.2. The van der Waals surface area contributed by atoms with Crippen molar-refractivity contribution in [3.63, 3.8) is 0 Å². The summed E-state index contributed by atoms with van der Waals surface area (Å²) in [6.07, 6.45) is 1.52. The fraction of sp³-hybridized carbons (Fsp3) is 0.150. The van der Waals surface area contributed by atoms with Gasteiger partial charge in [-0.1, -0.05) is 18.2 Å². The van der Waals surface area contributed by atoms with Crippen LogP contribution in [-0.4, -0.2) is 40.7 Å². The second-order valence-electron chi connectivity index (χ2n) is 6.12. The first kappa shape index (κ1) is 19.5. The highest BCUT2D eigenvalue weighted by atomic mass is 32.2. The van der Waals surface area contributed by atoms with Gasteiger partial charge < -0.3 is 15.2 Å². The Morgan fingerprint density at radius 3 is 2.75 bits per heavy atom. The van der Waals surface area contributed by atoms with E-state index in [-0.39, 0.29) is 22.9 Å². The number of ether oxygens (including phenoxy) is 1. The molecule has 1 saturated heterocycles. The number of amides is 3. The van der Waals surface area contributed by atoms with E-state index in [0.29, 0.717) is 11.3 Å². The number of rotatable bonds is 5. The summed E-state index contributed by atoms with van der Waals surface area (Å²) in [5.74, 6) is -0.770. The molecular formula is C20H18N2O5S. The Balaban J connectivity index is 1.72. The maximum absolute atomic E-state index is 12.5. The van der Waals surface area contributed by atoms with Gasteiger partial charge in [0.2, 0.25) is 5.91 Å². The predicted octanol–water partition coefficient (Wildman–Crippen LogP) is 3.38. The zero-order valence-corrected chi connectivity index (χ0v) is 16.1. The third-order valence-electron chi connectivity index (χ3n) is 3.98. The molecular weight excluding hydrogens is 380 g/mol. The monoisotopic (exact) mass is 398 g/mol. The van der Waals surface area contributed by atoms with Crippen molar-refractivity contribution < 1.29 is 24.2 Å². The molecule has 0 spiro atoms. The van der Waals surface area contributed by atoms with Crippen LogP contribution in [0, 0.1) is 6.92 Å². The van der Waals surface area contributed by atoms with Gasteiger partial charge in [-0.25, -0.2) is 0 Å². The number of nitrogens with zero attached hydrogens (tertiary/aromatic N) is 1. The number of phenols is 1. The van der Waals surface area contributed by atoms with Crippen molar-refractivity contribution >= 4 is 40.6 Å². The fourth-order valence-corrected chi connectivity index (χ4v) is 3.48. The van der Waals surface area contributed by atoms with Crippen LogP contribution in [0.4, 0.5) is 10.5 Å². The van der Waals surface area contributed by atoms with Gasteiger partial charge in [0.25, 0.3) is 11.1 Å². The van der Waals surface area contributed by atoms with Crippen LogP contribution in [0.15, 0.2) is 47.4 Å². The molecule has 2 aromatic carbocycles. The number of aryl methyl sites for hydroxylation is 1. The molecule has 0 saturated carbocycles. The van der Waals surface area contributed by atoms with Gasteiger partial charge in [0.1, 0.15) is 6.54 Å². The molecule has 8 heteroatoms. The van der Waals surface area contributed by atoms with Crippen LogP contribution in [0.2, 0.25) is 0 Å². The number of methoxy groups -OCH3 is 1. The van der Waals surface area contributed by atoms with Crippen LogP contribution >= 0.6 is 11.8 Å². The second-order valence-corrected chi connectivity index (χ2v) is 7.11. The van der Waals surface area contributed by atoms with Crippen LogP contribution in [0.1, 0.15) is 11.1 Å². The highest BCUT2D eigenvalue weighted by Gasteiger charge is 2.36. The van der Waals surface area contributed by atoms with Gasteiger partial charge in [0.05, 0.1) is 12.0 Å². The third-order valence-corrected chi connectivity index (χ3v) is 4.89. The zero-order chi connectivity index (χ0) is 20.3. The van der Waals surface area contributed by atoms with E-state index >= 15 is 0 Å². The number of benzene rings is 2. The number of carbonyl (C=O) groups is 3. The van der Waals surface area contributed by atoms with Crippen LogP contribution in [0.25, 0.3) is 6.08 Å². The number of anilines is 1. The van der Waals surface area contributed by atoms with E-state index in [1.165, 1.54) is 19.3 Å². The summed E-state index contributed by atoms with van der Waals surface area (Å²) < 4.78 is 5.04. The molecule has 144 valence electrons. The van der Waals surface area contributed by atoms with Gasteiger partial charge in [0, 0.05) is 5.69 Å². The van der Waals surface area contributed by atoms with Gasteiger partial charge in [-0.15, -0.1) is 0 Å². The number of imide groups is 1. The SMILES string of the molecule is COc1cc(C=C2SC(=O)N(CC(=O)Nc3cccc(C)c3)C2=O)ccc1O. The molecule has 0 unspecified atom stereocenters. The minimum atomic E-state index is -0.540. The Morgan fingerprint density at radius 2 is 2.04 bits per heavy atom. The second kappa shape index (κ2) is 8.18. The molecule has 3 amide bonds. The van der Waals surface area contributed by atoms with Crippen LogP contribution in [0.3, 0.4) is 0 Å². The lowest BCUT2D eigenvalue weighted by Crippen LogP contribution is -2.36. The van der Waals surface area contributed by atoms with E-state index < -0.39 is 17.1 Å². The number of hydrogen-bond donors (Lipinski definition) is 2. The Bertz CT molecular complexity index is 986. The maximum Gasteiger partial charge on any atom is 0.294 e. The lowest BCUT2D eigenvalue weighted by atomic mass is 10.2. The first-order valence-corrected chi connectivity index (χ1v) is 9.18. The molecule has 2 aromatic rings. The maximum atomic E-state index is 12.5. The molecule has 1 aliphatic rings. The molecule has 0 bridgehead atoms. The Morgan fingerprint density at radius 1 is 1.25 bits per heavy atom. The van der Waals surface area contributed by atoms with E-state index in [2.05, 4.69) is 5.32 Å². The lowest BCUT2D eigenvalue weighted by Gasteiger charge is -2.12. The summed E-state index contributed by atoms with van der Waals surface area (Å²) in [5, 5.41) is 11.8. The van der Waals surface area contributed by atoms with Crippen LogP contribution in [0.5, 0.6) is 11.5 Å². The minimum absolute atomic E-state index is 0.0272. The van der Waals surface area contributed by atoms with Crippen LogP contribution < -0.4 is 10.1 Å². The summed E-state index contributed by atoms with van der Waals surface area (Å²) in [6, 6.07) is 11.8. The van der Waals surface area contributed by atoms with Crippen molar-refractivity contribution in [3.05, 3.63) is 58.5 Å². The number of hydrogen-bond acceptors (Lipinski definition) is 6. The highest BCUT2D eigenvalue weighted by molar-refractivity contribution is 8.18. The molecule has 0 aliphatic carbocycles. The summed E-state index contributed by atoms with van der Waals surface area (Å²) in [5.41, 5.74) is 2.17. The summed E-state index contributed by atoms with van der Waals surface area (Å²) in [7, 11) is 1.42. The number of carbonyl (C=O) groups excluding carboxylic acids is 3. The van der Waals surface area contributed by atoms with Crippen molar-refractivity contribution in [2.75, 3.05) is 19.0 Å². The minimum Gasteiger partial charge on any atom is -0.504 e. The molecule has 0 radical (unpaired) electrons. The van der Waals surface area contributed by atoms with E-state index in [1.54, 1.807) is 30.3 Å². The zero-order valence-electron chi connectivity index (χ0n) is 15.3. The fourth-order valence-electron chi connectivity index (χ4n) is 2.64. The van der Waals surface area contributed by atoms with E-state index in [1.807, 2.05) is 13.0 Å². The van der Waals surface area contributed by atoms with Gasteiger partial charge in [0.15, 0.2) is 11.5 Å². The van der Waals surface area contributed by atoms with Crippen molar-refractivity contribution in [3.8, 4) is 11.5 Å². The number of phenolic OH excluding ortho intramolecular Hbond substituents is 1. The van der Waals surface area contributed by atoms with Crippen molar-refractivity contribution in [2.24, 2.45) is 0 Å². The Hall–Kier alpha value is -3.26. The summed E-state index contributed by atoms with van der Waals surface area (Å²) >= 11 is 0.760. The topological polar surface area (TPSA) is 95.9 Å². The number of nitrogens with one attached hydrogen (secondary N) is 1. The van der Waals surface area contributed by atoms with Gasteiger partial charge >= 0.3 is 0 Å². The average molecular weight is 398 g/mol. The molecule has 0 aromatic heterocycles. The Labute approximate surface area is 166 Å². The number of thioether (sulfide) groups is 1. The molecule has 1 heterocycles. The quantitative estimate of drug-likeness (QED) is 0.750. The van der Waals surface area contributed by atoms with Crippen molar-refractivity contribution in [1.82, 2.24) is 4.90 Å². The molecule has 2 N–H and O–H groups in total. The smallest absolute Gasteiger partial charge is 0.294 e. The largest absolute Gasteiger partial charge is 0.504 e. The molecule has 0 atom stereocenters. The average Bonchev–Trinajstić information content (AvgIpc) is 2.90. The van der Waals surface area contributed by atoms with Gasteiger partial charge in [-0.2, -0.15) is 0 Å². The predicted molar refractivity (Wildman–Crippen MR) is 107 cm³/mol. The molecule has 7 nitrogen and oxygen atoms in total. The molecule has 28 heavy (non-hydrogen) atoms. The third kappa shape index (κ3) is 4.34. The summed E-state index contributed by atoms with van der Waals surface area (Å²) in [4.78, 5) is 38.1. The first-order valence-electron chi connectivity index (χ1n) is 8.36. The van der Waals surface area contributed by atoms with Gasteiger partial charge in [-0.05, 0) is 60.2 Å². The van der Waals surface area contributed by atoms with E-state index in [4.69, 9.17) is 4.74 Å². The van der Waals surface area contributed by atoms with Gasteiger partial charge in [-0.3, -0.25) is 19.3 Å².